The number of benzene rings is 1. The molecule has 1 aliphatic heterocycles. The number of nitrogens with zero attached hydrogens (tertiary/aromatic N) is 1. The smallest absolute Gasteiger partial charge is 0.247 e. The maximum atomic E-state index is 13.8. The third kappa shape index (κ3) is 3.99. The number of anilines is 1. The number of nitrogens with one attached hydrogen (secondary N) is 2. The summed E-state index contributed by atoms with van der Waals surface area (Å²) in [6, 6.07) is 5.94. The molecule has 6 fully saturated rings. The summed E-state index contributed by atoms with van der Waals surface area (Å²) in [6.45, 7) is 0.637. The van der Waals surface area contributed by atoms with Gasteiger partial charge in [-0.05, 0) is 100 Å². The molecular formula is C25H33N3O4S. The highest BCUT2D eigenvalue weighted by Crippen LogP contribution is 2.60. The summed E-state index contributed by atoms with van der Waals surface area (Å²) in [4.78, 5) is 29.1. The van der Waals surface area contributed by atoms with E-state index in [9.17, 15) is 18.0 Å². The number of rotatable bonds is 6. The Labute approximate surface area is 195 Å². The van der Waals surface area contributed by atoms with Crippen molar-refractivity contribution in [3.63, 3.8) is 0 Å². The molecule has 0 unspecified atom stereocenters. The van der Waals surface area contributed by atoms with Gasteiger partial charge in [-0.25, -0.2) is 13.1 Å². The Kier molecular flexibility index (Phi) is 5.11. The molecule has 1 saturated heterocycles. The first-order valence-corrected chi connectivity index (χ1v) is 14.0. The minimum Gasteiger partial charge on any atom is -0.330 e. The first-order chi connectivity index (χ1) is 15.8. The molecule has 0 spiro atoms. The molecule has 4 bridgehead atoms. The summed E-state index contributed by atoms with van der Waals surface area (Å²) in [5, 5.41) is 2.90. The van der Waals surface area contributed by atoms with Crippen LogP contribution in [0.3, 0.4) is 0 Å². The molecule has 1 aromatic carbocycles. The number of likely N-dealkylation sites (tertiary alicyclic amines) is 1. The average molecular weight is 472 g/mol. The van der Waals surface area contributed by atoms with Gasteiger partial charge in [0.25, 0.3) is 0 Å². The maximum absolute atomic E-state index is 13.8. The Bertz CT molecular complexity index is 1050. The molecular weight excluding hydrogens is 438 g/mol. The first kappa shape index (κ1) is 21.6. The van der Waals surface area contributed by atoms with Crippen LogP contribution in [0.4, 0.5) is 5.69 Å². The third-order valence-corrected chi connectivity index (χ3v) is 10.1. The lowest BCUT2D eigenvalue weighted by atomic mass is 9.49. The van der Waals surface area contributed by atoms with Crippen LogP contribution in [0.2, 0.25) is 0 Å². The summed E-state index contributed by atoms with van der Waals surface area (Å²) in [5.41, 5.74) is 0.202. The summed E-state index contributed by atoms with van der Waals surface area (Å²) in [5.74, 6) is 2.04. The molecule has 1 atom stereocenters. The number of hydrogen-bond donors (Lipinski definition) is 2. The highest BCUT2D eigenvalue weighted by molar-refractivity contribution is 7.89. The standard InChI is InChI=1S/C25H33N3O4S/c29-23(26-20-3-1-4-21(12-20)33(31,32)27-19-6-7-19)22-5-2-8-28(22)24(30)25-13-16-9-17(14-25)11-18(10-16)15-25/h1,3-4,12,16-19,22,27H,2,5-11,13-15H2,(H,26,29)/t16?,17?,18?,22-,25?/m1/s1. The first-order valence-electron chi connectivity index (χ1n) is 12.6. The van der Waals surface area contributed by atoms with Crippen molar-refractivity contribution in [1.29, 1.82) is 0 Å². The van der Waals surface area contributed by atoms with E-state index < -0.39 is 16.1 Å². The van der Waals surface area contributed by atoms with Crippen LogP contribution in [0.15, 0.2) is 29.2 Å². The molecule has 2 amide bonds. The van der Waals surface area contributed by atoms with E-state index in [0.29, 0.717) is 36.4 Å². The van der Waals surface area contributed by atoms with Crippen LogP contribution in [0.1, 0.15) is 64.2 Å². The second-order valence-electron chi connectivity index (χ2n) is 11.3. The maximum Gasteiger partial charge on any atom is 0.247 e. The molecule has 7 rings (SSSR count). The van der Waals surface area contributed by atoms with Gasteiger partial charge in [0.2, 0.25) is 21.8 Å². The lowest BCUT2D eigenvalue weighted by Gasteiger charge is -2.56. The summed E-state index contributed by atoms with van der Waals surface area (Å²) < 4.78 is 27.8. The van der Waals surface area contributed by atoms with E-state index >= 15 is 0 Å². The van der Waals surface area contributed by atoms with Gasteiger partial charge in [0, 0.05) is 18.3 Å². The molecule has 6 aliphatic rings. The fraction of sp³-hybridized carbons (Fsp3) is 0.680. The quantitative estimate of drug-likeness (QED) is 0.666. The second-order valence-corrected chi connectivity index (χ2v) is 13.0. The van der Waals surface area contributed by atoms with Crippen molar-refractivity contribution in [1.82, 2.24) is 9.62 Å². The van der Waals surface area contributed by atoms with E-state index in [1.165, 1.54) is 25.3 Å². The van der Waals surface area contributed by atoms with Gasteiger partial charge >= 0.3 is 0 Å². The van der Waals surface area contributed by atoms with E-state index in [1.807, 2.05) is 4.90 Å². The van der Waals surface area contributed by atoms with Crippen molar-refractivity contribution >= 4 is 27.5 Å². The largest absolute Gasteiger partial charge is 0.330 e. The number of carbonyl (C=O) groups is 2. The summed E-state index contributed by atoms with van der Waals surface area (Å²) in [7, 11) is -3.59. The third-order valence-electron chi connectivity index (χ3n) is 8.62. The molecule has 0 aromatic heterocycles. The van der Waals surface area contributed by atoms with Crippen molar-refractivity contribution in [3.8, 4) is 0 Å². The van der Waals surface area contributed by atoms with Crippen LogP contribution in [-0.4, -0.2) is 43.8 Å². The molecule has 8 heteroatoms. The SMILES string of the molecule is O=C(Nc1cccc(S(=O)(=O)NC2CC2)c1)[C@H]1CCCN1C(=O)C12CC3CC(CC(C3)C1)C2. The van der Waals surface area contributed by atoms with Crippen molar-refractivity contribution < 1.29 is 18.0 Å². The molecule has 5 aliphatic carbocycles. The predicted octanol–water partition coefficient (Wildman–Crippen LogP) is 3.27. The zero-order valence-electron chi connectivity index (χ0n) is 19.0. The fourth-order valence-corrected chi connectivity index (χ4v) is 8.77. The number of hydrogen-bond acceptors (Lipinski definition) is 4. The molecule has 33 heavy (non-hydrogen) atoms. The average Bonchev–Trinajstić information content (AvgIpc) is 3.42. The molecule has 2 N–H and O–H groups in total. The number of sulfonamides is 1. The lowest BCUT2D eigenvalue weighted by molar-refractivity contribution is -0.160. The molecule has 1 aromatic rings. The van der Waals surface area contributed by atoms with Gasteiger partial charge in [-0.3, -0.25) is 9.59 Å². The molecule has 5 saturated carbocycles. The van der Waals surface area contributed by atoms with Gasteiger partial charge in [0.05, 0.1) is 10.3 Å². The van der Waals surface area contributed by atoms with E-state index in [4.69, 9.17) is 0 Å². The van der Waals surface area contributed by atoms with Gasteiger partial charge in [-0.2, -0.15) is 0 Å². The van der Waals surface area contributed by atoms with Gasteiger partial charge in [-0.1, -0.05) is 6.07 Å². The minimum atomic E-state index is -3.59. The Morgan fingerprint density at radius 2 is 1.64 bits per heavy atom. The van der Waals surface area contributed by atoms with Gasteiger partial charge < -0.3 is 10.2 Å². The molecule has 7 nitrogen and oxygen atoms in total. The van der Waals surface area contributed by atoms with Crippen LogP contribution in [0.5, 0.6) is 0 Å². The zero-order chi connectivity index (χ0) is 22.8. The summed E-state index contributed by atoms with van der Waals surface area (Å²) in [6.07, 6.45) is 10.1. The van der Waals surface area contributed by atoms with Crippen LogP contribution in [0.25, 0.3) is 0 Å². The highest BCUT2D eigenvalue weighted by atomic mass is 32.2. The molecule has 178 valence electrons. The monoisotopic (exact) mass is 471 g/mol. The van der Waals surface area contributed by atoms with Crippen molar-refractivity contribution in [2.75, 3.05) is 11.9 Å². The normalized spacial score (nSPS) is 35.1. The minimum absolute atomic E-state index is 0.0240. The predicted molar refractivity (Wildman–Crippen MR) is 124 cm³/mol. The second kappa shape index (κ2) is 7.80. The molecule has 1 heterocycles. The van der Waals surface area contributed by atoms with Crippen LogP contribution in [0, 0.1) is 23.2 Å². The van der Waals surface area contributed by atoms with E-state index in [-0.39, 0.29) is 28.2 Å². The van der Waals surface area contributed by atoms with Crippen LogP contribution >= 0.6 is 0 Å². The van der Waals surface area contributed by atoms with E-state index in [0.717, 1.165) is 38.5 Å². The number of carbonyl (C=O) groups excluding carboxylic acids is 2. The van der Waals surface area contributed by atoms with Crippen molar-refractivity contribution in [3.05, 3.63) is 24.3 Å². The van der Waals surface area contributed by atoms with Gasteiger partial charge in [-0.15, -0.1) is 0 Å². The van der Waals surface area contributed by atoms with Gasteiger partial charge in [0.1, 0.15) is 6.04 Å². The Balaban J connectivity index is 1.17. The Hall–Kier alpha value is -1.93. The summed E-state index contributed by atoms with van der Waals surface area (Å²) >= 11 is 0. The lowest BCUT2D eigenvalue weighted by Crippen LogP contribution is -2.56. The van der Waals surface area contributed by atoms with Crippen molar-refractivity contribution in [2.24, 2.45) is 23.2 Å². The topological polar surface area (TPSA) is 95.6 Å². The van der Waals surface area contributed by atoms with Crippen LogP contribution in [-0.2, 0) is 19.6 Å². The van der Waals surface area contributed by atoms with E-state index in [2.05, 4.69) is 10.0 Å². The van der Waals surface area contributed by atoms with E-state index in [1.54, 1.807) is 18.2 Å². The van der Waals surface area contributed by atoms with Crippen LogP contribution < -0.4 is 10.0 Å². The fourth-order valence-electron chi connectivity index (χ4n) is 7.41. The highest BCUT2D eigenvalue weighted by Gasteiger charge is 2.56. The van der Waals surface area contributed by atoms with Crippen molar-refractivity contribution in [2.45, 2.75) is 81.2 Å². The zero-order valence-corrected chi connectivity index (χ0v) is 19.8. The number of amides is 2. The Morgan fingerprint density at radius 1 is 0.970 bits per heavy atom. The molecule has 0 radical (unpaired) electrons. The van der Waals surface area contributed by atoms with Gasteiger partial charge in [0.15, 0.2) is 0 Å². The Morgan fingerprint density at radius 3 is 2.27 bits per heavy atom.